The van der Waals surface area contributed by atoms with Gasteiger partial charge in [-0.3, -0.25) is 14.4 Å². The van der Waals surface area contributed by atoms with Crippen molar-refractivity contribution in [2.24, 2.45) is 0 Å². The van der Waals surface area contributed by atoms with E-state index in [0.29, 0.717) is 22.7 Å². The summed E-state index contributed by atoms with van der Waals surface area (Å²) in [6.45, 7) is 4.64. The van der Waals surface area contributed by atoms with Crippen LogP contribution < -0.4 is 10.9 Å². The van der Waals surface area contributed by atoms with E-state index in [2.05, 4.69) is 10.4 Å². The van der Waals surface area contributed by atoms with Gasteiger partial charge in [0.15, 0.2) is 11.5 Å². The smallest absolute Gasteiger partial charge is 0.267 e. The fraction of sp³-hybridized carbons (Fsp3) is 0.200. The van der Waals surface area contributed by atoms with Gasteiger partial charge >= 0.3 is 0 Å². The summed E-state index contributed by atoms with van der Waals surface area (Å²) in [7, 11) is 0. The van der Waals surface area contributed by atoms with E-state index in [4.69, 9.17) is 4.42 Å². The fourth-order valence-corrected chi connectivity index (χ4v) is 2.56. The molecule has 27 heavy (non-hydrogen) atoms. The normalized spacial score (nSPS) is 11.2. The standard InChI is InChI=1S/C20H19N3O4/c1-13(24)14-6-4-7-15(12-14)21-19(26)20(2,3)23-18(25)10-9-16(22-23)17-8-5-11-27-17/h4-12H,1-3H3,(H,21,26). The number of amides is 1. The predicted molar refractivity (Wildman–Crippen MR) is 101 cm³/mol. The molecule has 2 aromatic heterocycles. The number of rotatable bonds is 5. The number of carbonyl (C=O) groups excluding carboxylic acids is 2. The Bertz CT molecular complexity index is 1050. The first-order valence-corrected chi connectivity index (χ1v) is 8.36. The molecule has 0 aliphatic rings. The predicted octanol–water partition coefficient (Wildman–Crippen LogP) is 3.08. The van der Waals surface area contributed by atoms with Gasteiger partial charge in [0.25, 0.3) is 11.5 Å². The highest BCUT2D eigenvalue weighted by atomic mass is 16.3. The number of furan rings is 1. The third kappa shape index (κ3) is 3.72. The van der Waals surface area contributed by atoms with Crippen molar-refractivity contribution < 1.29 is 14.0 Å². The number of carbonyl (C=O) groups is 2. The van der Waals surface area contributed by atoms with Gasteiger partial charge in [0.2, 0.25) is 0 Å². The van der Waals surface area contributed by atoms with Crippen molar-refractivity contribution in [2.45, 2.75) is 26.3 Å². The molecule has 0 saturated heterocycles. The number of benzene rings is 1. The lowest BCUT2D eigenvalue weighted by molar-refractivity contribution is -0.123. The van der Waals surface area contributed by atoms with Crippen LogP contribution in [0.2, 0.25) is 0 Å². The molecule has 0 radical (unpaired) electrons. The van der Waals surface area contributed by atoms with Crippen molar-refractivity contribution in [2.75, 3.05) is 5.32 Å². The Morgan fingerprint density at radius 3 is 2.56 bits per heavy atom. The highest BCUT2D eigenvalue weighted by molar-refractivity contribution is 5.99. The number of hydrogen-bond acceptors (Lipinski definition) is 5. The van der Waals surface area contributed by atoms with E-state index in [1.165, 1.54) is 19.3 Å². The molecule has 1 aromatic carbocycles. The molecule has 3 aromatic rings. The number of nitrogens with zero attached hydrogens (tertiary/aromatic N) is 2. The molecule has 0 unspecified atom stereocenters. The van der Waals surface area contributed by atoms with Gasteiger partial charge in [-0.25, -0.2) is 4.68 Å². The average molecular weight is 365 g/mol. The van der Waals surface area contributed by atoms with Crippen LogP contribution in [0.1, 0.15) is 31.1 Å². The maximum atomic E-state index is 12.8. The van der Waals surface area contributed by atoms with Crippen LogP contribution in [0, 0.1) is 0 Å². The van der Waals surface area contributed by atoms with Gasteiger partial charge in [-0.15, -0.1) is 0 Å². The van der Waals surface area contributed by atoms with Gasteiger partial charge in [-0.05, 0) is 51.1 Å². The van der Waals surface area contributed by atoms with Crippen LogP contribution in [0.3, 0.4) is 0 Å². The molecule has 0 bridgehead atoms. The van der Waals surface area contributed by atoms with Gasteiger partial charge in [-0.2, -0.15) is 5.10 Å². The molecule has 3 rings (SSSR count). The number of aromatic nitrogens is 2. The largest absolute Gasteiger partial charge is 0.463 e. The second-order valence-corrected chi connectivity index (χ2v) is 6.60. The Hall–Kier alpha value is -3.48. The molecule has 2 heterocycles. The molecule has 0 fully saturated rings. The lowest BCUT2D eigenvalue weighted by Crippen LogP contribution is -2.47. The maximum Gasteiger partial charge on any atom is 0.267 e. The minimum atomic E-state index is -1.27. The van der Waals surface area contributed by atoms with E-state index in [9.17, 15) is 14.4 Å². The molecule has 0 saturated carbocycles. The summed E-state index contributed by atoms with van der Waals surface area (Å²) < 4.78 is 6.43. The molecule has 0 aliphatic heterocycles. The Labute approximate surface area is 155 Å². The molecule has 0 atom stereocenters. The Morgan fingerprint density at radius 2 is 1.89 bits per heavy atom. The van der Waals surface area contributed by atoms with E-state index in [0.717, 1.165) is 4.68 Å². The zero-order valence-electron chi connectivity index (χ0n) is 15.2. The van der Waals surface area contributed by atoms with Crippen LogP contribution in [0.25, 0.3) is 11.5 Å². The van der Waals surface area contributed by atoms with Gasteiger partial charge in [-0.1, -0.05) is 12.1 Å². The van der Waals surface area contributed by atoms with Gasteiger partial charge in [0.05, 0.1) is 6.26 Å². The lowest BCUT2D eigenvalue weighted by atomic mass is 10.0. The van der Waals surface area contributed by atoms with E-state index in [1.807, 2.05) is 0 Å². The van der Waals surface area contributed by atoms with Crippen molar-refractivity contribution in [3.05, 3.63) is 70.7 Å². The molecule has 7 heteroatoms. The summed E-state index contributed by atoms with van der Waals surface area (Å²) in [5, 5.41) is 7.03. The topological polar surface area (TPSA) is 94.2 Å². The number of ketones is 1. The second kappa shape index (κ2) is 7.03. The molecule has 7 nitrogen and oxygen atoms in total. The van der Waals surface area contributed by atoms with Gasteiger partial charge in [0.1, 0.15) is 11.2 Å². The number of nitrogens with one attached hydrogen (secondary N) is 1. The average Bonchev–Trinajstić information content (AvgIpc) is 3.16. The molecular formula is C20H19N3O4. The Morgan fingerprint density at radius 1 is 1.11 bits per heavy atom. The molecule has 1 N–H and O–H groups in total. The van der Waals surface area contributed by atoms with Gasteiger partial charge in [0, 0.05) is 17.3 Å². The van der Waals surface area contributed by atoms with Gasteiger partial charge < -0.3 is 9.73 Å². The minimum absolute atomic E-state index is 0.102. The van der Waals surface area contributed by atoms with Crippen LogP contribution in [-0.2, 0) is 10.3 Å². The monoisotopic (exact) mass is 365 g/mol. The van der Waals surface area contributed by atoms with Crippen molar-refractivity contribution in [3.8, 4) is 11.5 Å². The zero-order chi connectivity index (χ0) is 19.6. The fourth-order valence-electron chi connectivity index (χ4n) is 2.56. The van der Waals surface area contributed by atoms with Crippen LogP contribution in [0.15, 0.2) is 64.0 Å². The quantitative estimate of drug-likeness (QED) is 0.701. The van der Waals surface area contributed by atoms with Crippen LogP contribution >= 0.6 is 0 Å². The first-order chi connectivity index (χ1) is 12.8. The SMILES string of the molecule is CC(=O)c1cccc(NC(=O)C(C)(C)n2nc(-c3ccco3)ccc2=O)c1. The highest BCUT2D eigenvalue weighted by Crippen LogP contribution is 2.20. The number of Topliss-reactive ketones (excluding diaryl/α,β-unsaturated/α-hetero) is 1. The van der Waals surface area contributed by atoms with E-state index >= 15 is 0 Å². The Balaban J connectivity index is 1.93. The second-order valence-electron chi connectivity index (χ2n) is 6.60. The Kier molecular flexibility index (Phi) is 4.77. The van der Waals surface area contributed by atoms with E-state index in [-0.39, 0.29) is 5.78 Å². The van der Waals surface area contributed by atoms with Crippen molar-refractivity contribution in [1.29, 1.82) is 0 Å². The molecule has 1 amide bonds. The molecule has 138 valence electrons. The van der Waals surface area contributed by atoms with Crippen LogP contribution in [0.4, 0.5) is 5.69 Å². The zero-order valence-corrected chi connectivity index (χ0v) is 15.2. The van der Waals surface area contributed by atoms with Crippen LogP contribution in [-0.4, -0.2) is 21.5 Å². The van der Waals surface area contributed by atoms with Crippen molar-refractivity contribution >= 4 is 17.4 Å². The third-order valence-corrected chi connectivity index (χ3v) is 4.19. The first kappa shape index (κ1) is 18.3. The minimum Gasteiger partial charge on any atom is -0.463 e. The first-order valence-electron chi connectivity index (χ1n) is 8.36. The summed E-state index contributed by atoms with van der Waals surface area (Å²) >= 11 is 0. The summed E-state index contributed by atoms with van der Waals surface area (Å²) in [6, 6.07) is 12.9. The third-order valence-electron chi connectivity index (χ3n) is 4.19. The van der Waals surface area contributed by atoms with E-state index < -0.39 is 17.0 Å². The van der Waals surface area contributed by atoms with Crippen LogP contribution in [0.5, 0.6) is 0 Å². The van der Waals surface area contributed by atoms with Crippen molar-refractivity contribution in [1.82, 2.24) is 9.78 Å². The highest BCUT2D eigenvalue weighted by Gasteiger charge is 2.32. The summed E-state index contributed by atoms with van der Waals surface area (Å²) in [5.74, 6) is -0.0436. The molecule has 0 aliphatic carbocycles. The molecular weight excluding hydrogens is 346 g/mol. The summed E-state index contributed by atoms with van der Waals surface area (Å²) in [4.78, 5) is 36.7. The van der Waals surface area contributed by atoms with E-state index in [1.54, 1.807) is 56.3 Å². The maximum absolute atomic E-state index is 12.8. The summed E-state index contributed by atoms with van der Waals surface area (Å²) in [5.41, 5.74) is -0.287. The lowest BCUT2D eigenvalue weighted by Gasteiger charge is -2.25. The number of hydrogen-bond donors (Lipinski definition) is 1. The summed E-state index contributed by atoms with van der Waals surface area (Å²) in [6.07, 6.45) is 1.51. The van der Waals surface area contributed by atoms with Crippen molar-refractivity contribution in [3.63, 3.8) is 0 Å². The molecule has 0 spiro atoms. The number of anilines is 1.